The quantitative estimate of drug-likeness (QED) is 0.787. The number of anilines is 1. The molecule has 7 nitrogen and oxygen atoms in total. The van der Waals surface area contributed by atoms with E-state index < -0.39 is 11.5 Å². The highest BCUT2D eigenvalue weighted by Crippen LogP contribution is 2.54. The number of rotatable bonds is 5. The van der Waals surface area contributed by atoms with E-state index in [1.54, 1.807) is 12.4 Å². The molecule has 2 saturated heterocycles. The molecule has 0 radical (unpaired) electrons. The first-order valence-electron chi connectivity index (χ1n) is 11.5. The Morgan fingerprint density at radius 1 is 1.12 bits per heavy atom. The van der Waals surface area contributed by atoms with Gasteiger partial charge in [0, 0.05) is 50.6 Å². The maximum absolute atomic E-state index is 13.4. The van der Waals surface area contributed by atoms with Gasteiger partial charge in [-0.1, -0.05) is 24.3 Å². The van der Waals surface area contributed by atoms with Crippen LogP contribution in [0.1, 0.15) is 55.7 Å². The van der Waals surface area contributed by atoms with Gasteiger partial charge in [-0.3, -0.25) is 19.4 Å². The van der Waals surface area contributed by atoms with Crippen LogP contribution < -0.4 is 5.32 Å². The molecular formula is C25H28N4O3. The molecule has 1 N–H and O–H groups in total. The van der Waals surface area contributed by atoms with E-state index in [9.17, 15) is 14.4 Å². The number of fused-ring (bicyclic) bond motifs is 2. The molecule has 3 aliphatic rings. The molecule has 2 unspecified atom stereocenters. The van der Waals surface area contributed by atoms with Crippen molar-refractivity contribution in [1.29, 1.82) is 0 Å². The second-order valence-electron chi connectivity index (χ2n) is 8.94. The third kappa shape index (κ3) is 3.36. The molecule has 2 fully saturated rings. The molecule has 1 aromatic heterocycles. The molecule has 0 saturated carbocycles. The van der Waals surface area contributed by atoms with Crippen molar-refractivity contribution in [2.24, 2.45) is 0 Å². The number of pyridine rings is 1. The van der Waals surface area contributed by atoms with Crippen LogP contribution in [-0.4, -0.2) is 52.1 Å². The zero-order chi connectivity index (χ0) is 22.1. The van der Waals surface area contributed by atoms with Gasteiger partial charge in [-0.15, -0.1) is 0 Å². The maximum atomic E-state index is 13.4. The highest BCUT2D eigenvalue weighted by molar-refractivity contribution is 6.07. The highest BCUT2D eigenvalue weighted by atomic mass is 16.2. The molecule has 5 rings (SSSR count). The lowest BCUT2D eigenvalue weighted by Gasteiger charge is -2.34. The van der Waals surface area contributed by atoms with Crippen LogP contribution >= 0.6 is 0 Å². The van der Waals surface area contributed by atoms with Gasteiger partial charge in [-0.05, 0) is 48.9 Å². The first-order valence-corrected chi connectivity index (χ1v) is 11.5. The zero-order valence-corrected chi connectivity index (χ0v) is 18.1. The Hall–Kier alpha value is -3.22. The fourth-order valence-electron chi connectivity index (χ4n) is 5.62. The normalized spacial score (nSPS) is 24.7. The summed E-state index contributed by atoms with van der Waals surface area (Å²) >= 11 is 0. The molecule has 4 heterocycles. The van der Waals surface area contributed by atoms with Gasteiger partial charge < -0.3 is 15.1 Å². The van der Waals surface area contributed by atoms with Gasteiger partial charge in [0.2, 0.25) is 17.7 Å². The summed E-state index contributed by atoms with van der Waals surface area (Å²) in [6.07, 6.45) is 7.64. The first kappa shape index (κ1) is 20.7. The Labute approximate surface area is 187 Å². The van der Waals surface area contributed by atoms with E-state index in [2.05, 4.69) is 10.3 Å². The molecule has 3 aliphatic heterocycles. The number of nitrogens with zero attached hydrogens (tertiary/aromatic N) is 3. The fourth-order valence-corrected chi connectivity index (χ4v) is 5.62. The molecule has 1 spiro atoms. The predicted octanol–water partition coefficient (Wildman–Crippen LogP) is 3.04. The van der Waals surface area contributed by atoms with Gasteiger partial charge in [0.05, 0.1) is 6.04 Å². The first-order chi connectivity index (χ1) is 15.6. The van der Waals surface area contributed by atoms with Crippen molar-refractivity contribution in [2.45, 2.75) is 50.0 Å². The van der Waals surface area contributed by atoms with Crippen molar-refractivity contribution >= 4 is 23.4 Å². The van der Waals surface area contributed by atoms with Crippen LogP contribution in [0.5, 0.6) is 0 Å². The molecule has 1 aromatic carbocycles. The van der Waals surface area contributed by atoms with Crippen LogP contribution in [0.3, 0.4) is 0 Å². The molecule has 2 aromatic rings. The number of nitrogens with one attached hydrogen (secondary N) is 1. The van der Waals surface area contributed by atoms with Crippen molar-refractivity contribution in [2.75, 3.05) is 25.0 Å². The van der Waals surface area contributed by atoms with Crippen LogP contribution in [0.15, 0.2) is 48.8 Å². The van der Waals surface area contributed by atoms with Crippen LogP contribution in [0, 0.1) is 0 Å². The zero-order valence-electron chi connectivity index (χ0n) is 18.1. The number of amides is 3. The number of hydrogen-bond acceptors (Lipinski definition) is 4. The number of hydrogen-bond donors (Lipinski definition) is 1. The van der Waals surface area contributed by atoms with E-state index in [1.165, 1.54) is 0 Å². The summed E-state index contributed by atoms with van der Waals surface area (Å²) in [7, 11) is 0. The summed E-state index contributed by atoms with van der Waals surface area (Å²) in [5.41, 5.74) is 1.84. The van der Waals surface area contributed by atoms with Crippen LogP contribution in [-0.2, 0) is 19.8 Å². The number of benzene rings is 1. The van der Waals surface area contributed by atoms with E-state index in [-0.39, 0.29) is 17.7 Å². The number of carbonyl (C=O) groups excluding carboxylic acids is 3. The number of piperidine rings is 1. The van der Waals surface area contributed by atoms with Gasteiger partial charge in [-0.25, -0.2) is 0 Å². The SMILES string of the molecule is O=C1CCCCN1CCCC(=O)N1CCC2(C(=O)Nc3ccccc32)C1c1cccnc1. The lowest BCUT2D eigenvalue weighted by atomic mass is 9.73. The average Bonchev–Trinajstić information content (AvgIpc) is 3.35. The van der Waals surface area contributed by atoms with Gasteiger partial charge in [0.25, 0.3) is 0 Å². The highest BCUT2D eigenvalue weighted by Gasteiger charge is 2.59. The van der Waals surface area contributed by atoms with Gasteiger partial charge in [-0.2, -0.15) is 0 Å². The Morgan fingerprint density at radius 2 is 2.00 bits per heavy atom. The van der Waals surface area contributed by atoms with E-state index in [1.807, 2.05) is 46.2 Å². The van der Waals surface area contributed by atoms with E-state index in [0.717, 1.165) is 36.2 Å². The van der Waals surface area contributed by atoms with Gasteiger partial charge in [0.15, 0.2) is 0 Å². The van der Waals surface area contributed by atoms with E-state index in [0.29, 0.717) is 38.8 Å². The largest absolute Gasteiger partial charge is 0.343 e. The monoisotopic (exact) mass is 432 g/mol. The molecule has 3 amide bonds. The summed E-state index contributed by atoms with van der Waals surface area (Å²) in [6, 6.07) is 11.2. The topological polar surface area (TPSA) is 82.6 Å². The number of carbonyl (C=O) groups is 3. The summed E-state index contributed by atoms with van der Waals surface area (Å²) < 4.78 is 0. The van der Waals surface area contributed by atoms with Crippen molar-refractivity contribution in [3.63, 3.8) is 0 Å². The molecule has 0 aliphatic carbocycles. The van der Waals surface area contributed by atoms with Crippen molar-refractivity contribution in [3.8, 4) is 0 Å². The number of aromatic nitrogens is 1. The smallest absolute Gasteiger partial charge is 0.237 e. The molecule has 2 atom stereocenters. The van der Waals surface area contributed by atoms with Crippen LogP contribution in [0.4, 0.5) is 5.69 Å². The Kier molecular flexibility index (Phi) is 5.41. The Morgan fingerprint density at radius 3 is 2.81 bits per heavy atom. The van der Waals surface area contributed by atoms with Crippen molar-refractivity contribution in [3.05, 3.63) is 59.9 Å². The summed E-state index contributed by atoms with van der Waals surface area (Å²) in [5, 5.41) is 3.04. The fraction of sp³-hybridized carbons (Fsp3) is 0.440. The standard InChI is InChI=1S/C25H28N4O3/c30-21-10-3-4-14-28(21)15-6-11-22(31)29-16-12-25(23(29)18-7-5-13-26-17-18)19-8-1-2-9-20(19)27-24(25)32/h1-2,5,7-9,13,17,23H,3-4,6,10-12,14-16H2,(H,27,32). The summed E-state index contributed by atoms with van der Waals surface area (Å²) in [6.45, 7) is 1.92. The second-order valence-corrected chi connectivity index (χ2v) is 8.94. The summed E-state index contributed by atoms with van der Waals surface area (Å²) in [4.78, 5) is 46.8. The van der Waals surface area contributed by atoms with E-state index >= 15 is 0 Å². The summed E-state index contributed by atoms with van der Waals surface area (Å²) in [5.74, 6) is 0.162. The number of para-hydroxylation sites is 1. The third-order valence-corrected chi connectivity index (χ3v) is 7.15. The molecule has 166 valence electrons. The van der Waals surface area contributed by atoms with Crippen molar-refractivity contribution in [1.82, 2.24) is 14.8 Å². The van der Waals surface area contributed by atoms with E-state index in [4.69, 9.17) is 0 Å². The maximum Gasteiger partial charge on any atom is 0.237 e. The van der Waals surface area contributed by atoms with Gasteiger partial charge >= 0.3 is 0 Å². The lowest BCUT2D eigenvalue weighted by Crippen LogP contribution is -2.43. The van der Waals surface area contributed by atoms with Gasteiger partial charge in [0.1, 0.15) is 5.41 Å². The van der Waals surface area contributed by atoms with Crippen LogP contribution in [0.25, 0.3) is 0 Å². The molecule has 7 heteroatoms. The average molecular weight is 433 g/mol. The van der Waals surface area contributed by atoms with Crippen LogP contribution in [0.2, 0.25) is 0 Å². The predicted molar refractivity (Wildman–Crippen MR) is 120 cm³/mol. The molecule has 32 heavy (non-hydrogen) atoms. The lowest BCUT2D eigenvalue weighted by molar-refractivity contribution is -0.136. The minimum Gasteiger partial charge on any atom is -0.343 e. The minimum absolute atomic E-state index is 0.0253. The number of likely N-dealkylation sites (tertiary alicyclic amines) is 2. The minimum atomic E-state index is -0.807. The Bertz CT molecular complexity index is 1040. The molecule has 0 bridgehead atoms. The van der Waals surface area contributed by atoms with Crippen molar-refractivity contribution < 1.29 is 14.4 Å². The second kappa shape index (κ2) is 8.37. The molecular weight excluding hydrogens is 404 g/mol. The Balaban J connectivity index is 1.40. The third-order valence-electron chi connectivity index (χ3n) is 7.15.